The SMILES string of the molecule is C1=CC(C2CCCC=N2)N=CC1. The van der Waals surface area contributed by atoms with Crippen molar-refractivity contribution < 1.29 is 0 Å². The topological polar surface area (TPSA) is 24.7 Å². The van der Waals surface area contributed by atoms with Crippen molar-refractivity contribution in [3.05, 3.63) is 12.2 Å². The number of dihydropyridines is 1. The minimum Gasteiger partial charge on any atom is -0.292 e. The summed E-state index contributed by atoms with van der Waals surface area (Å²) in [7, 11) is 0. The molecule has 2 unspecified atom stereocenters. The highest BCUT2D eigenvalue weighted by molar-refractivity contribution is 5.62. The summed E-state index contributed by atoms with van der Waals surface area (Å²) in [5.41, 5.74) is 0. The van der Waals surface area contributed by atoms with Gasteiger partial charge in [-0.3, -0.25) is 9.98 Å². The fourth-order valence-corrected chi connectivity index (χ4v) is 1.70. The molecule has 2 rings (SSSR count). The summed E-state index contributed by atoms with van der Waals surface area (Å²) in [6.45, 7) is 0. The first-order valence-electron chi connectivity index (χ1n) is 4.67. The monoisotopic (exact) mass is 162 g/mol. The van der Waals surface area contributed by atoms with Crippen molar-refractivity contribution >= 4 is 12.4 Å². The van der Waals surface area contributed by atoms with Gasteiger partial charge in [-0.25, -0.2) is 0 Å². The summed E-state index contributed by atoms with van der Waals surface area (Å²) in [4.78, 5) is 8.89. The molecule has 2 nitrogen and oxygen atoms in total. The summed E-state index contributed by atoms with van der Waals surface area (Å²) < 4.78 is 0. The second-order valence-electron chi connectivity index (χ2n) is 3.32. The minimum absolute atomic E-state index is 0.329. The lowest BCUT2D eigenvalue weighted by atomic mass is 9.99. The average molecular weight is 162 g/mol. The molecule has 2 aliphatic rings. The summed E-state index contributed by atoms with van der Waals surface area (Å²) in [6, 6.07) is 0.752. The van der Waals surface area contributed by atoms with Crippen LogP contribution in [-0.2, 0) is 0 Å². The lowest BCUT2D eigenvalue weighted by Gasteiger charge is -2.21. The maximum absolute atomic E-state index is 4.46. The van der Waals surface area contributed by atoms with Crippen molar-refractivity contribution in [1.29, 1.82) is 0 Å². The quantitative estimate of drug-likeness (QED) is 0.527. The fraction of sp³-hybridized carbons (Fsp3) is 0.600. The van der Waals surface area contributed by atoms with Gasteiger partial charge in [0.15, 0.2) is 0 Å². The largest absolute Gasteiger partial charge is 0.292 e. The molecule has 2 heteroatoms. The summed E-state index contributed by atoms with van der Waals surface area (Å²) in [6.07, 6.45) is 13.0. The van der Waals surface area contributed by atoms with Crippen molar-refractivity contribution in [3.8, 4) is 0 Å². The first-order valence-corrected chi connectivity index (χ1v) is 4.67. The molecular formula is C10H14N2. The number of aliphatic imine (C=N–C) groups is 2. The van der Waals surface area contributed by atoms with Crippen LogP contribution in [0.25, 0.3) is 0 Å². The second-order valence-corrected chi connectivity index (χ2v) is 3.32. The Balaban J connectivity index is 2.02. The van der Waals surface area contributed by atoms with Crippen LogP contribution in [0.3, 0.4) is 0 Å². The van der Waals surface area contributed by atoms with Gasteiger partial charge < -0.3 is 0 Å². The molecule has 64 valence electrons. The molecule has 0 aliphatic carbocycles. The third-order valence-corrected chi connectivity index (χ3v) is 2.38. The van der Waals surface area contributed by atoms with Crippen LogP contribution in [0.15, 0.2) is 22.1 Å². The number of hydrogen-bond donors (Lipinski definition) is 0. The van der Waals surface area contributed by atoms with Gasteiger partial charge >= 0.3 is 0 Å². The van der Waals surface area contributed by atoms with Crippen molar-refractivity contribution in [2.24, 2.45) is 9.98 Å². The number of rotatable bonds is 1. The normalized spacial score (nSPS) is 34.0. The minimum atomic E-state index is 0.329. The van der Waals surface area contributed by atoms with Gasteiger partial charge in [-0.2, -0.15) is 0 Å². The van der Waals surface area contributed by atoms with Gasteiger partial charge in [0.1, 0.15) is 0 Å². The fourth-order valence-electron chi connectivity index (χ4n) is 1.70. The Morgan fingerprint density at radius 3 is 2.83 bits per heavy atom. The van der Waals surface area contributed by atoms with E-state index in [1.165, 1.54) is 12.8 Å². The molecular weight excluding hydrogens is 148 g/mol. The first-order chi connectivity index (χ1) is 5.97. The van der Waals surface area contributed by atoms with E-state index in [1.807, 2.05) is 12.4 Å². The summed E-state index contributed by atoms with van der Waals surface area (Å²) >= 11 is 0. The second kappa shape index (κ2) is 3.65. The lowest BCUT2D eigenvalue weighted by Crippen LogP contribution is -2.24. The number of allylic oxidation sites excluding steroid dienone is 1. The molecule has 0 aromatic rings. The van der Waals surface area contributed by atoms with Gasteiger partial charge in [0.2, 0.25) is 0 Å². The van der Waals surface area contributed by atoms with Crippen LogP contribution in [0.4, 0.5) is 0 Å². The first kappa shape index (κ1) is 7.71. The molecule has 0 bridgehead atoms. The molecule has 0 aromatic carbocycles. The summed E-state index contributed by atoms with van der Waals surface area (Å²) in [5.74, 6) is 0. The molecule has 0 spiro atoms. The average Bonchev–Trinajstić information content (AvgIpc) is 2.21. The molecule has 2 atom stereocenters. The standard InChI is InChI=1S/C10H14N2/c1-3-7-11-9(5-1)10-6-2-4-8-12-10/h1,5,7-10H,2-4,6H2. The Hall–Kier alpha value is -0.920. The van der Waals surface area contributed by atoms with Crippen LogP contribution in [-0.4, -0.2) is 24.5 Å². The van der Waals surface area contributed by atoms with E-state index >= 15 is 0 Å². The smallest absolute Gasteiger partial charge is 0.0899 e. The van der Waals surface area contributed by atoms with Crippen LogP contribution in [0, 0.1) is 0 Å². The van der Waals surface area contributed by atoms with Gasteiger partial charge in [-0.05, 0) is 25.5 Å². The molecule has 0 aromatic heterocycles. The van der Waals surface area contributed by atoms with Crippen LogP contribution in [0.1, 0.15) is 25.7 Å². The molecule has 0 saturated carbocycles. The molecule has 0 fully saturated rings. The Labute approximate surface area is 73.1 Å². The molecule has 0 amide bonds. The van der Waals surface area contributed by atoms with Gasteiger partial charge in [-0.1, -0.05) is 12.2 Å². The number of hydrogen-bond acceptors (Lipinski definition) is 2. The molecule has 2 aliphatic heterocycles. The highest BCUT2D eigenvalue weighted by atomic mass is 14.9. The van der Waals surface area contributed by atoms with Gasteiger partial charge in [-0.15, -0.1) is 0 Å². The van der Waals surface area contributed by atoms with Crippen LogP contribution in [0.5, 0.6) is 0 Å². The van der Waals surface area contributed by atoms with E-state index in [4.69, 9.17) is 0 Å². The molecule has 0 radical (unpaired) electrons. The van der Waals surface area contributed by atoms with E-state index in [0.717, 1.165) is 12.8 Å². The Morgan fingerprint density at radius 1 is 1.17 bits per heavy atom. The van der Waals surface area contributed by atoms with Gasteiger partial charge in [0.25, 0.3) is 0 Å². The van der Waals surface area contributed by atoms with Crippen molar-refractivity contribution in [2.45, 2.75) is 37.8 Å². The third-order valence-electron chi connectivity index (χ3n) is 2.38. The van der Waals surface area contributed by atoms with Crippen molar-refractivity contribution in [3.63, 3.8) is 0 Å². The zero-order valence-electron chi connectivity index (χ0n) is 7.19. The Bertz CT molecular complexity index is 216. The highest BCUT2D eigenvalue weighted by Crippen LogP contribution is 2.17. The zero-order chi connectivity index (χ0) is 8.23. The number of nitrogens with zero attached hydrogens (tertiary/aromatic N) is 2. The molecule has 12 heavy (non-hydrogen) atoms. The highest BCUT2D eigenvalue weighted by Gasteiger charge is 2.18. The maximum Gasteiger partial charge on any atom is 0.0899 e. The maximum atomic E-state index is 4.46. The van der Waals surface area contributed by atoms with E-state index < -0.39 is 0 Å². The van der Waals surface area contributed by atoms with E-state index in [-0.39, 0.29) is 0 Å². The zero-order valence-corrected chi connectivity index (χ0v) is 7.19. The Morgan fingerprint density at radius 2 is 2.17 bits per heavy atom. The van der Waals surface area contributed by atoms with Crippen molar-refractivity contribution in [1.82, 2.24) is 0 Å². The lowest BCUT2D eigenvalue weighted by molar-refractivity contribution is 0.528. The van der Waals surface area contributed by atoms with Crippen molar-refractivity contribution in [2.75, 3.05) is 0 Å². The van der Waals surface area contributed by atoms with Crippen LogP contribution in [0.2, 0.25) is 0 Å². The summed E-state index contributed by atoms with van der Waals surface area (Å²) in [5, 5.41) is 0. The van der Waals surface area contributed by atoms with Gasteiger partial charge in [0.05, 0.1) is 12.1 Å². The van der Waals surface area contributed by atoms with Crippen LogP contribution >= 0.6 is 0 Å². The molecule has 0 N–H and O–H groups in total. The molecule has 2 heterocycles. The van der Waals surface area contributed by atoms with Gasteiger partial charge in [0, 0.05) is 12.6 Å². The molecule has 0 saturated heterocycles. The van der Waals surface area contributed by atoms with E-state index in [1.54, 1.807) is 0 Å². The predicted molar refractivity (Wildman–Crippen MR) is 52.2 cm³/mol. The van der Waals surface area contributed by atoms with E-state index in [2.05, 4.69) is 22.1 Å². The van der Waals surface area contributed by atoms with E-state index in [0.29, 0.717) is 12.1 Å². The Kier molecular flexibility index (Phi) is 2.35. The van der Waals surface area contributed by atoms with Crippen LogP contribution < -0.4 is 0 Å². The van der Waals surface area contributed by atoms with E-state index in [9.17, 15) is 0 Å². The third kappa shape index (κ3) is 1.63. The predicted octanol–water partition coefficient (Wildman–Crippen LogP) is 2.01.